The third kappa shape index (κ3) is 5.33. The Kier molecular flexibility index (Phi) is 7.79. The Hall–Kier alpha value is -7.20. The summed E-state index contributed by atoms with van der Waals surface area (Å²) in [7, 11) is 0. The lowest BCUT2D eigenvalue weighted by atomic mass is 9.82. The summed E-state index contributed by atoms with van der Waals surface area (Å²) in [6.45, 7) is 4.72. The summed E-state index contributed by atoms with van der Waals surface area (Å²) in [5, 5.41) is 5.17. The number of hydrogen-bond donors (Lipinski definition) is 0. The first-order valence-electron chi connectivity index (χ1n) is 20.8. The van der Waals surface area contributed by atoms with Gasteiger partial charge in [0.15, 0.2) is 0 Å². The minimum absolute atomic E-state index is 0.109. The van der Waals surface area contributed by atoms with Crippen molar-refractivity contribution in [2.75, 3.05) is 4.90 Å². The molecule has 1 aliphatic rings. The van der Waals surface area contributed by atoms with Crippen molar-refractivity contribution < 1.29 is 0 Å². The van der Waals surface area contributed by atoms with Crippen molar-refractivity contribution in [1.82, 2.24) is 4.57 Å². The van der Waals surface area contributed by atoms with E-state index in [9.17, 15) is 0 Å². The normalized spacial score (nSPS) is 13.0. The molecule has 0 N–H and O–H groups in total. The fourth-order valence-corrected chi connectivity index (χ4v) is 11.0. The maximum absolute atomic E-state index is 2.42. The van der Waals surface area contributed by atoms with Gasteiger partial charge in [0, 0.05) is 59.0 Å². The van der Waals surface area contributed by atoms with Crippen LogP contribution in [0.5, 0.6) is 0 Å². The van der Waals surface area contributed by atoms with Crippen LogP contribution in [0.3, 0.4) is 0 Å². The Morgan fingerprint density at radius 2 is 0.917 bits per heavy atom. The van der Waals surface area contributed by atoms with Crippen LogP contribution in [-0.2, 0) is 5.41 Å². The molecule has 9 aromatic carbocycles. The summed E-state index contributed by atoms with van der Waals surface area (Å²) in [4.78, 5) is 2.42. The molecule has 0 radical (unpaired) electrons. The van der Waals surface area contributed by atoms with Gasteiger partial charge in [0.1, 0.15) is 0 Å². The van der Waals surface area contributed by atoms with E-state index >= 15 is 0 Å². The van der Waals surface area contributed by atoms with Gasteiger partial charge in [-0.25, -0.2) is 0 Å². The molecular weight excluding hydrogens is 745 g/mol. The van der Waals surface area contributed by atoms with Crippen molar-refractivity contribution in [3.63, 3.8) is 0 Å². The third-order valence-electron chi connectivity index (χ3n) is 12.8. The molecule has 11 aromatic rings. The number of anilines is 3. The van der Waals surface area contributed by atoms with Gasteiger partial charge in [0.25, 0.3) is 0 Å². The predicted molar refractivity (Wildman–Crippen MR) is 257 cm³/mol. The Labute approximate surface area is 353 Å². The van der Waals surface area contributed by atoms with Crippen molar-refractivity contribution in [2.24, 2.45) is 0 Å². The van der Waals surface area contributed by atoms with E-state index in [2.05, 4.69) is 230 Å². The second kappa shape index (κ2) is 13.4. The first-order chi connectivity index (χ1) is 29.5. The first kappa shape index (κ1) is 34.8. The number of rotatable bonds is 6. The Bertz CT molecular complexity index is 3400. The van der Waals surface area contributed by atoms with Crippen LogP contribution < -0.4 is 4.90 Å². The van der Waals surface area contributed by atoms with Crippen LogP contribution in [-0.4, -0.2) is 4.57 Å². The van der Waals surface area contributed by atoms with E-state index in [-0.39, 0.29) is 5.41 Å². The highest BCUT2D eigenvalue weighted by Crippen LogP contribution is 2.51. The van der Waals surface area contributed by atoms with Gasteiger partial charge in [0.2, 0.25) is 0 Å². The van der Waals surface area contributed by atoms with E-state index < -0.39 is 0 Å². The molecule has 3 heteroatoms. The zero-order valence-electron chi connectivity index (χ0n) is 33.4. The van der Waals surface area contributed by atoms with Crippen LogP contribution in [0.2, 0.25) is 0 Å². The molecule has 0 atom stereocenters. The molecule has 1 aliphatic carbocycles. The van der Waals surface area contributed by atoms with Gasteiger partial charge in [-0.3, -0.25) is 0 Å². The van der Waals surface area contributed by atoms with E-state index in [1.807, 2.05) is 11.3 Å². The molecule has 0 bridgehead atoms. The lowest BCUT2D eigenvalue weighted by Crippen LogP contribution is -2.16. The molecular formula is C57H40N2S. The molecule has 0 saturated heterocycles. The van der Waals surface area contributed by atoms with Gasteiger partial charge < -0.3 is 9.47 Å². The summed E-state index contributed by atoms with van der Waals surface area (Å²) in [6.07, 6.45) is 0. The zero-order valence-corrected chi connectivity index (χ0v) is 34.2. The standard InChI is InChI=1S/C57H40N2S/c1-57(2)50-18-8-3-14-44(50)45-33-32-42(36-51(45)57)58(40-28-23-37(24-29-40)39-27-34-56-49(35-39)48-17-7-12-22-55(48)60-56)41-30-25-38(26-31-41)43-13-4-9-19-52(43)59-53-20-10-5-15-46(53)47-16-6-11-21-54(47)59/h3-36H,1-2H3. The van der Waals surface area contributed by atoms with Crippen molar-refractivity contribution in [1.29, 1.82) is 0 Å². The second-order valence-electron chi connectivity index (χ2n) is 16.5. The quantitative estimate of drug-likeness (QED) is 0.163. The number of nitrogens with zero attached hydrogens (tertiary/aromatic N) is 2. The number of fused-ring (bicyclic) bond motifs is 9. The van der Waals surface area contributed by atoms with E-state index in [0.717, 1.165) is 17.1 Å². The van der Waals surface area contributed by atoms with Crippen LogP contribution in [0.15, 0.2) is 206 Å². The molecule has 2 nitrogen and oxygen atoms in total. The summed E-state index contributed by atoms with van der Waals surface area (Å²) in [5.41, 5.74) is 17.1. The Morgan fingerprint density at radius 1 is 0.383 bits per heavy atom. The highest BCUT2D eigenvalue weighted by Gasteiger charge is 2.35. The SMILES string of the molecule is CC1(C)c2ccccc2-c2ccc(N(c3ccc(-c4ccc5sc6ccccc6c5c4)cc3)c3ccc(-c4ccccc4-n4c5ccccc5c5ccccc54)cc3)cc21. The maximum Gasteiger partial charge on any atom is 0.0541 e. The van der Waals surface area contributed by atoms with Crippen LogP contribution in [0.4, 0.5) is 17.1 Å². The van der Waals surface area contributed by atoms with E-state index in [0.29, 0.717) is 0 Å². The van der Waals surface area contributed by atoms with Gasteiger partial charge >= 0.3 is 0 Å². The van der Waals surface area contributed by atoms with Gasteiger partial charge in [-0.2, -0.15) is 0 Å². The molecule has 60 heavy (non-hydrogen) atoms. The molecule has 284 valence electrons. The minimum atomic E-state index is -0.109. The smallest absolute Gasteiger partial charge is 0.0541 e. The van der Waals surface area contributed by atoms with E-state index in [1.165, 1.54) is 92.2 Å². The monoisotopic (exact) mass is 784 g/mol. The average molecular weight is 785 g/mol. The lowest BCUT2D eigenvalue weighted by Gasteiger charge is -2.28. The summed E-state index contributed by atoms with van der Waals surface area (Å²) in [6, 6.07) is 76.1. The lowest BCUT2D eigenvalue weighted by molar-refractivity contribution is 0.660. The zero-order chi connectivity index (χ0) is 40.0. The topological polar surface area (TPSA) is 8.17 Å². The molecule has 0 aliphatic heterocycles. The first-order valence-corrected chi connectivity index (χ1v) is 21.6. The molecule has 12 rings (SSSR count). The average Bonchev–Trinajstić information content (AvgIpc) is 3.92. The van der Waals surface area contributed by atoms with Gasteiger partial charge in [0.05, 0.1) is 16.7 Å². The van der Waals surface area contributed by atoms with Crippen LogP contribution >= 0.6 is 11.3 Å². The molecule has 0 fully saturated rings. The van der Waals surface area contributed by atoms with Gasteiger partial charge in [-0.05, 0) is 112 Å². The maximum atomic E-state index is 2.42. The summed E-state index contributed by atoms with van der Waals surface area (Å²) >= 11 is 1.86. The highest BCUT2D eigenvalue weighted by atomic mass is 32.1. The largest absolute Gasteiger partial charge is 0.310 e. The van der Waals surface area contributed by atoms with Crippen molar-refractivity contribution in [3.05, 3.63) is 217 Å². The van der Waals surface area contributed by atoms with Gasteiger partial charge in [-0.1, -0.05) is 147 Å². The number of benzene rings is 9. The highest BCUT2D eigenvalue weighted by molar-refractivity contribution is 7.25. The van der Waals surface area contributed by atoms with Crippen LogP contribution in [0, 0.1) is 0 Å². The molecule has 2 aromatic heterocycles. The van der Waals surface area contributed by atoms with E-state index in [1.54, 1.807) is 0 Å². The fraction of sp³-hybridized carbons (Fsp3) is 0.0526. The minimum Gasteiger partial charge on any atom is -0.310 e. The Balaban J connectivity index is 0.972. The predicted octanol–water partition coefficient (Wildman–Crippen LogP) is 16.3. The molecule has 0 saturated carbocycles. The molecule has 0 spiro atoms. The van der Waals surface area contributed by atoms with Crippen molar-refractivity contribution in [3.8, 4) is 39.1 Å². The summed E-state index contributed by atoms with van der Waals surface area (Å²) < 4.78 is 5.08. The number of aromatic nitrogens is 1. The number of para-hydroxylation sites is 3. The second-order valence-corrected chi connectivity index (χ2v) is 17.6. The van der Waals surface area contributed by atoms with Crippen molar-refractivity contribution in [2.45, 2.75) is 19.3 Å². The van der Waals surface area contributed by atoms with Crippen LogP contribution in [0.1, 0.15) is 25.0 Å². The van der Waals surface area contributed by atoms with Gasteiger partial charge in [-0.15, -0.1) is 11.3 Å². The molecule has 2 heterocycles. The molecule has 0 amide bonds. The number of hydrogen-bond acceptors (Lipinski definition) is 2. The third-order valence-corrected chi connectivity index (χ3v) is 14.0. The number of thiophene rings is 1. The fourth-order valence-electron chi connectivity index (χ4n) is 9.87. The molecule has 0 unspecified atom stereocenters. The Morgan fingerprint density at radius 3 is 1.65 bits per heavy atom. The summed E-state index contributed by atoms with van der Waals surface area (Å²) in [5.74, 6) is 0. The van der Waals surface area contributed by atoms with Crippen LogP contribution in [0.25, 0.3) is 81.0 Å². The van der Waals surface area contributed by atoms with E-state index in [4.69, 9.17) is 0 Å². The van der Waals surface area contributed by atoms with Crippen molar-refractivity contribution >= 4 is 70.4 Å².